The van der Waals surface area contributed by atoms with Crippen molar-refractivity contribution in [1.29, 1.82) is 0 Å². The molecule has 7 heteroatoms. The molecule has 1 heterocycles. The summed E-state index contributed by atoms with van der Waals surface area (Å²) < 4.78 is 0. The predicted molar refractivity (Wildman–Crippen MR) is 129 cm³/mol. The third kappa shape index (κ3) is 7.07. The number of hydrogen-bond acceptors (Lipinski definition) is 4. The van der Waals surface area contributed by atoms with Crippen LogP contribution in [0.15, 0.2) is 54.6 Å². The lowest BCUT2D eigenvalue weighted by molar-refractivity contribution is -0.132. The molecule has 0 aromatic heterocycles. The standard InChI is InChI=1S/C24H30N4O2S/c1-18(2)16-23(30)28-14-12-27(13-15-28)21-10-8-20(9-11-21)25-24(31)26-22(29)17-19-6-4-3-5-7-19/h3-11,18H,12-17H2,1-2H3,(H2,25,26,29,31). The van der Waals surface area contributed by atoms with Crippen molar-refractivity contribution in [2.45, 2.75) is 26.7 Å². The van der Waals surface area contributed by atoms with Crippen molar-refractivity contribution in [3.05, 3.63) is 60.2 Å². The summed E-state index contributed by atoms with van der Waals surface area (Å²) in [7, 11) is 0. The Balaban J connectivity index is 1.45. The van der Waals surface area contributed by atoms with Crippen LogP contribution >= 0.6 is 12.2 Å². The average Bonchev–Trinajstić information content (AvgIpc) is 2.74. The molecule has 2 amide bonds. The van der Waals surface area contributed by atoms with Crippen LogP contribution in [0.2, 0.25) is 0 Å². The molecule has 1 aliphatic rings. The minimum Gasteiger partial charge on any atom is -0.368 e. The van der Waals surface area contributed by atoms with Crippen LogP contribution in [0.3, 0.4) is 0 Å². The highest BCUT2D eigenvalue weighted by Crippen LogP contribution is 2.20. The van der Waals surface area contributed by atoms with Crippen molar-refractivity contribution in [3.8, 4) is 0 Å². The summed E-state index contributed by atoms with van der Waals surface area (Å²) in [4.78, 5) is 28.6. The number of amides is 2. The van der Waals surface area contributed by atoms with Gasteiger partial charge >= 0.3 is 0 Å². The maximum Gasteiger partial charge on any atom is 0.230 e. The Kier molecular flexibility index (Phi) is 8.00. The number of anilines is 2. The molecule has 1 fully saturated rings. The highest BCUT2D eigenvalue weighted by molar-refractivity contribution is 7.80. The van der Waals surface area contributed by atoms with Gasteiger partial charge in [0, 0.05) is 44.0 Å². The second-order valence-electron chi connectivity index (χ2n) is 8.18. The van der Waals surface area contributed by atoms with E-state index in [1.807, 2.05) is 59.5 Å². The molecule has 0 radical (unpaired) electrons. The highest BCUT2D eigenvalue weighted by atomic mass is 32.1. The molecular formula is C24H30N4O2S. The van der Waals surface area contributed by atoms with Crippen LogP contribution < -0.4 is 15.5 Å². The largest absolute Gasteiger partial charge is 0.368 e. The molecule has 2 aromatic carbocycles. The van der Waals surface area contributed by atoms with E-state index in [1.165, 1.54) is 0 Å². The molecule has 0 unspecified atom stereocenters. The molecule has 2 aromatic rings. The maximum atomic E-state index is 12.2. The van der Waals surface area contributed by atoms with Gasteiger partial charge in [-0.25, -0.2) is 0 Å². The van der Waals surface area contributed by atoms with Crippen LogP contribution in [-0.2, 0) is 16.0 Å². The first kappa shape index (κ1) is 22.7. The average molecular weight is 439 g/mol. The van der Waals surface area contributed by atoms with Gasteiger partial charge in [0.05, 0.1) is 6.42 Å². The van der Waals surface area contributed by atoms with Gasteiger partial charge in [-0.1, -0.05) is 44.2 Å². The van der Waals surface area contributed by atoms with Gasteiger partial charge in [0.15, 0.2) is 5.11 Å². The van der Waals surface area contributed by atoms with Crippen molar-refractivity contribution in [2.24, 2.45) is 5.92 Å². The molecule has 3 rings (SSSR count). The van der Waals surface area contributed by atoms with Crippen molar-refractivity contribution in [3.63, 3.8) is 0 Å². The van der Waals surface area contributed by atoms with Gasteiger partial charge in [-0.15, -0.1) is 0 Å². The summed E-state index contributed by atoms with van der Waals surface area (Å²) in [5, 5.41) is 6.06. The van der Waals surface area contributed by atoms with Gasteiger partial charge in [0.1, 0.15) is 0 Å². The maximum absolute atomic E-state index is 12.2. The summed E-state index contributed by atoms with van der Waals surface area (Å²) >= 11 is 5.26. The van der Waals surface area contributed by atoms with Crippen molar-refractivity contribution in [1.82, 2.24) is 10.2 Å². The van der Waals surface area contributed by atoms with E-state index < -0.39 is 0 Å². The molecule has 0 spiro atoms. The Morgan fingerprint density at radius 1 is 0.968 bits per heavy atom. The van der Waals surface area contributed by atoms with Gasteiger partial charge in [0.25, 0.3) is 0 Å². The first-order valence-corrected chi connectivity index (χ1v) is 11.1. The minimum absolute atomic E-state index is 0.148. The molecule has 1 saturated heterocycles. The number of carbonyl (C=O) groups is 2. The van der Waals surface area contributed by atoms with Crippen LogP contribution in [0.5, 0.6) is 0 Å². The number of hydrogen-bond donors (Lipinski definition) is 2. The van der Waals surface area contributed by atoms with Crippen LogP contribution in [0.4, 0.5) is 11.4 Å². The van der Waals surface area contributed by atoms with Crippen LogP contribution in [0.1, 0.15) is 25.8 Å². The second-order valence-corrected chi connectivity index (χ2v) is 8.59. The normalized spacial score (nSPS) is 13.8. The highest BCUT2D eigenvalue weighted by Gasteiger charge is 2.21. The van der Waals surface area contributed by atoms with Crippen LogP contribution in [-0.4, -0.2) is 48.0 Å². The molecule has 6 nitrogen and oxygen atoms in total. The smallest absolute Gasteiger partial charge is 0.230 e. The second kappa shape index (κ2) is 10.9. The number of carbonyl (C=O) groups excluding carboxylic acids is 2. The Morgan fingerprint density at radius 3 is 2.23 bits per heavy atom. The minimum atomic E-state index is -0.148. The first-order chi connectivity index (χ1) is 14.9. The molecule has 2 N–H and O–H groups in total. The summed E-state index contributed by atoms with van der Waals surface area (Å²) in [5.41, 5.74) is 2.87. The van der Waals surface area contributed by atoms with E-state index in [1.54, 1.807) is 0 Å². The molecule has 0 atom stereocenters. The quantitative estimate of drug-likeness (QED) is 0.677. The van der Waals surface area contributed by atoms with Gasteiger partial charge in [0.2, 0.25) is 11.8 Å². The molecule has 0 saturated carbocycles. The summed E-state index contributed by atoms with van der Waals surface area (Å²) in [5.74, 6) is 0.488. The number of benzene rings is 2. The molecule has 1 aliphatic heterocycles. The zero-order valence-corrected chi connectivity index (χ0v) is 19.0. The zero-order chi connectivity index (χ0) is 22.2. The topological polar surface area (TPSA) is 64.7 Å². The molecule has 164 valence electrons. The SMILES string of the molecule is CC(C)CC(=O)N1CCN(c2ccc(NC(=S)NC(=O)Cc3ccccc3)cc2)CC1. The Morgan fingerprint density at radius 2 is 1.61 bits per heavy atom. The summed E-state index contributed by atoms with van der Waals surface area (Å²) in [6, 6.07) is 17.5. The first-order valence-electron chi connectivity index (χ1n) is 10.7. The Labute approximate surface area is 189 Å². The fraction of sp³-hybridized carbons (Fsp3) is 0.375. The third-order valence-corrected chi connectivity index (χ3v) is 5.37. The zero-order valence-electron chi connectivity index (χ0n) is 18.1. The van der Waals surface area contributed by atoms with Crippen LogP contribution in [0, 0.1) is 5.92 Å². The third-order valence-electron chi connectivity index (χ3n) is 5.17. The van der Waals surface area contributed by atoms with E-state index in [4.69, 9.17) is 12.2 Å². The monoisotopic (exact) mass is 438 g/mol. The Hall–Kier alpha value is -2.93. The lowest BCUT2D eigenvalue weighted by Crippen LogP contribution is -2.49. The molecule has 31 heavy (non-hydrogen) atoms. The fourth-order valence-electron chi connectivity index (χ4n) is 3.56. The van der Waals surface area contributed by atoms with Crippen molar-refractivity contribution >= 4 is 40.5 Å². The van der Waals surface area contributed by atoms with E-state index in [9.17, 15) is 9.59 Å². The van der Waals surface area contributed by atoms with E-state index in [2.05, 4.69) is 29.4 Å². The van der Waals surface area contributed by atoms with E-state index in [0.717, 1.165) is 43.1 Å². The Bertz CT molecular complexity index is 892. The number of nitrogens with zero attached hydrogens (tertiary/aromatic N) is 2. The number of rotatable bonds is 6. The van der Waals surface area contributed by atoms with E-state index in [0.29, 0.717) is 12.3 Å². The summed E-state index contributed by atoms with van der Waals surface area (Å²) in [6.45, 7) is 7.30. The van der Waals surface area contributed by atoms with E-state index >= 15 is 0 Å². The lowest BCUT2D eigenvalue weighted by atomic mass is 10.1. The van der Waals surface area contributed by atoms with Gasteiger partial charge < -0.3 is 20.4 Å². The van der Waals surface area contributed by atoms with Crippen molar-refractivity contribution < 1.29 is 9.59 Å². The summed E-state index contributed by atoms with van der Waals surface area (Å²) in [6.07, 6.45) is 0.898. The number of nitrogens with one attached hydrogen (secondary N) is 2. The van der Waals surface area contributed by atoms with E-state index in [-0.39, 0.29) is 23.3 Å². The van der Waals surface area contributed by atoms with Gasteiger partial charge in [-0.05, 0) is 48.0 Å². The van der Waals surface area contributed by atoms with Gasteiger partial charge in [-0.3, -0.25) is 9.59 Å². The van der Waals surface area contributed by atoms with Crippen molar-refractivity contribution in [2.75, 3.05) is 36.4 Å². The van der Waals surface area contributed by atoms with Crippen LogP contribution in [0.25, 0.3) is 0 Å². The lowest BCUT2D eigenvalue weighted by Gasteiger charge is -2.36. The fourth-order valence-corrected chi connectivity index (χ4v) is 3.79. The molecular weight excluding hydrogens is 408 g/mol. The van der Waals surface area contributed by atoms with Gasteiger partial charge in [-0.2, -0.15) is 0 Å². The molecule has 0 aliphatic carbocycles. The number of piperazine rings is 1. The molecule has 0 bridgehead atoms. The number of thiocarbonyl (C=S) groups is 1. The predicted octanol–water partition coefficient (Wildman–Crippen LogP) is 3.44.